The molecule has 2 atom stereocenters. The van der Waals surface area contributed by atoms with Crippen molar-refractivity contribution in [3.05, 3.63) is 28.8 Å². The van der Waals surface area contributed by atoms with Crippen molar-refractivity contribution in [3.63, 3.8) is 0 Å². The van der Waals surface area contributed by atoms with E-state index in [1.54, 1.807) is 11.9 Å². The first-order chi connectivity index (χ1) is 8.54. The van der Waals surface area contributed by atoms with Crippen LogP contribution < -0.4 is 10.5 Å². The van der Waals surface area contributed by atoms with Gasteiger partial charge < -0.3 is 15.4 Å². The number of hydrogen-bond acceptors (Lipinski definition) is 3. The van der Waals surface area contributed by atoms with Crippen molar-refractivity contribution in [1.29, 1.82) is 0 Å². The highest BCUT2D eigenvalue weighted by Crippen LogP contribution is 2.34. The number of halogens is 1. The third kappa shape index (κ3) is 2.31. The minimum absolute atomic E-state index is 0.0671. The molecule has 1 fully saturated rings. The van der Waals surface area contributed by atoms with Crippen molar-refractivity contribution in [2.24, 2.45) is 5.73 Å². The number of ether oxygens (including phenoxy) is 1. The number of nitrogens with zero attached hydrogens (tertiary/aromatic N) is 1. The van der Waals surface area contributed by atoms with E-state index < -0.39 is 0 Å². The number of rotatable bonds is 3. The van der Waals surface area contributed by atoms with Gasteiger partial charge >= 0.3 is 0 Å². The Kier molecular flexibility index (Phi) is 3.78. The van der Waals surface area contributed by atoms with Crippen LogP contribution in [0.4, 0.5) is 0 Å². The maximum Gasteiger partial charge on any atom is 0.224 e. The molecule has 1 aromatic rings. The average Bonchev–Trinajstić information content (AvgIpc) is 2.56. The Morgan fingerprint density at radius 3 is 2.78 bits per heavy atom. The van der Waals surface area contributed by atoms with Gasteiger partial charge in [0, 0.05) is 19.5 Å². The lowest BCUT2D eigenvalue weighted by atomic mass is 10.0. The predicted octanol–water partition coefficient (Wildman–Crippen LogP) is 1.97. The van der Waals surface area contributed by atoms with Gasteiger partial charge in [-0.2, -0.15) is 0 Å². The van der Waals surface area contributed by atoms with Gasteiger partial charge in [0.05, 0.1) is 17.7 Å². The fraction of sp³-hybridized carbons (Fsp3) is 0.462. The molecule has 0 radical (unpaired) electrons. The minimum Gasteiger partial charge on any atom is -0.492 e. The van der Waals surface area contributed by atoms with Crippen LogP contribution in [-0.4, -0.2) is 30.5 Å². The molecule has 1 saturated heterocycles. The number of benzene rings is 1. The first-order valence-electron chi connectivity index (χ1n) is 5.98. The highest BCUT2D eigenvalue weighted by Gasteiger charge is 2.36. The maximum atomic E-state index is 11.6. The Morgan fingerprint density at radius 2 is 2.28 bits per heavy atom. The highest BCUT2D eigenvalue weighted by atomic mass is 35.5. The van der Waals surface area contributed by atoms with Crippen molar-refractivity contribution in [3.8, 4) is 5.75 Å². The maximum absolute atomic E-state index is 11.6. The molecule has 1 aliphatic heterocycles. The summed E-state index contributed by atoms with van der Waals surface area (Å²) in [5, 5.41) is 0.550. The van der Waals surface area contributed by atoms with E-state index in [-0.39, 0.29) is 18.0 Å². The number of likely N-dealkylation sites (tertiary alicyclic amines) is 1. The first kappa shape index (κ1) is 13.2. The zero-order chi connectivity index (χ0) is 13.3. The summed E-state index contributed by atoms with van der Waals surface area (Å²) >= 11 is 6.15. The van der Waals surface area contributed by atoms with Crippen LogP contribution in [0.5, 0.6) is 5.75 Å². The van der Waals surface area contributed by atoms with Crippen LogP contribution in [0.25, 0.3) is 0 Å². The smallest absolute Gasteiger partial charge is 0.224 e. The number of nitrogens with two attached hydrogens (primary N) is 1. The van der Waals surface area contributed by atoms with Crippen LogP contribution in [0.3, 0.4) is 0 Å². The fourth-order valence-electron chi connectivity index (χ4n) is 2.34. The molecule has 2 rings (SSSR count). The third-order valence-electron chi connectivity index (χ3n) is 3.22. The normalized spacial score (nSPS) is 23.6. The van der Waals surface area contributed by atoms with E-state index in [0.717, 1.165) is 5.56 Å². The molecule has 0 saturated carbocycles. The van der Waals surface area contributed by atoms with Gasteiger partial charge in [0.15, 0.2) is 0 Å². The predicted molar refractivity (Wildman–Crippen MR) is 70.7 cm³/mol. The van der Waals surface area contributed by atoms with Crippen LogP contribution in [-0.2, 0) is 4.79 Å². The summed E-state index contributed by atoms with van der Waals surface area (Å²) in [7, 11) is 1.77. The van der Waals surface area contributed by atoms with E-state index in [9.17, 15) is 4.79 Å². The molecule has 1 heterocycles. The number of carbonyl (C=O) groups excluding carboxylic acids is 1. The van der Waals surface area contributed by atoms with Crippen molar-refractivity contribution in [2.75, 3.05) is 13.7 Å². The van der Waals surface area contributed by atoms with Crippen molar-refractivity contribution in [2.45, 2.75) is 25.4 Å². The number of amides is 1. The zero-order valence-corrected chi connectivity index (χ0v) is 11.3. The summed E-state index contributed by atoms with van der Waals surface area (Å²) in [4.78, 5) is 13.3. The van der Waals surface area contributed by atoms with Crippen LogP contribution in [0, 0.1) is 0 Å². The molecule has 4 nitrogen and oxygen atoms in total. The molecular weight excluding hydrogens is 252 g/mol. The van der Waals surface area contributed by atoms with E-state index >= 15 is 0 Å². The second kappa shape index (κ2) is 5.16. The summed E-state index contributed by atoms with van der Waals surface area (Å²) in [6.07, 6.45) is 0.381. The van der Waals surface area contributed by atoms with Gasteiger partial charge in [-0.1, -0.05) is 17.7 Å². The molecule has 18 heavy (non-hydrogen) atoms. The SMILES string of the molecule is CCOc1ccc(C2C(N)CC(=O)N2C)cc1Cl. The van der Waals surface area contributed by atoms with E-state index in [1.165, 1.54) is 0 Å². The fourth-order valence-corrected chi connectivity index (χ4v) is 2.59. The second-order valence-corrected chi connectivity index (χ2v) is 4.85. The molecular formula is C13H17ClN2O2. The topological polar surface area (TPSA) is 55.6 Å². The summed E-state index contributed by atoms with van der Waals surface area (Å²) in [5.74, 6) is 0.723. The third-order valence-corrected chi connectivity index (χ3v) is 3.52. The Labute approximate surface area is 112 Å². The van der Waals surface area contributed by atoms with Crippen LogP contribution in [0.15, 0.2) is 18.2 Å². The Hall–Kier alpha value is -1.26. The van der Waals surface area contributed by atoms with Gasteiger partial charge in [0.1, 0.15) is 5.75 Å². The average molecular weight is 269 g/mol. The molecule has 0 aliphatic carbocycles. The molecule has 0 aromatic heterocycles. The van der Waals surface area contributed by atoms with Crippen molar-refractivity contribution < 1.29 is 9.53 Å². The number of carbonyl (C=O) groups is 1. The van der Waals surface area contributed by atoms with E-state index in [2.05, 4.69) is 0 Å². The van der Waals surface area contributed by atoms with Gasteiger partial charge in [-0.05, 0) is 24.6 Å². The monoisotopic (exact) mass is 268 g/mol. The Morgan fingerprint density at radius 1 is 1.56 bits per heavy atom. The van der Waals surface area contributed by atoms with E-state index in [4.69, 9.17) is 22.1 Å². The van der Waals surface area contributed by atoms with Gasteiger partial charge in [0.25, 0.3) is 0 Å². The minimum atomic E-state index is -0.184. The Balaban J connectivity index is 2.29. The number of hydrogen-bond donors (Lipinski definition) is 1. The molecule has 2 unspecified atom stereocenters. The summed E-state index contributed by atoms with van der Waals surface area (Å²) < 4.78 is 5.39. The van der Waals surface area contributed by atoms with Crippen molar-refractivity contribution >= 4 is 17.5 Å². The standard InChI is InChI=1S/C13H17ClN2O2/c1-3-18-11-5-4-8(6-9(11)14)13-10(15)7-12(17)16(13)2/h4-6,10,13H,3,7,15H2,1-2H3. The van der Waals surface area contributed by atoms with Gasteiger partial charge in [-0.15, -0.1) is 0 Å². The lowest BCUT2D eigenvalue weighted by Crippen LogP contribution is -2.30. The molecule has 98 valence electrons. The highest BCUT2D eigenvalue weighted by molar-refractivity contribution is 6.32. The molecule has 1 amide bonds. The van der Waals surface area contributed by atoms with E-state index in [0.29, 0.717) is 23.8 Å². The summed E-state index contributed by atoms with van der Waals surface area (Å²) in [6.45, 7) is 2.48. The summed E-state index contributed by atoms with van der Waals surface area (Å²) in [5.41, 5.74) is 6.95. The Bertz CT molecular complexity index is 464. The first-order valence-corrected chi connectivity index (χ1v) is 6.36. The molecule has 5 heteroatoms. The lowest BCUT2D eigenvalue weighted by molar-refractivity contribution is -0.127. The van der Waals surface area contributed by atoms with Crippen LogP contribution >= 0.6 is 11.6 Å². The van der Waals surface area contributed by atoms with Crippen molar-refractivity contribution in [1.82, 2.24) is 4.90 Å². The van der Waals surface area contributed by atoms with Gasteiger partial charge in [0.2, 0.25) is 5.91 Å². The second-order valence-electron chi connectivity index (χ2n) is 4.44. The summed E-state index contributed by atoms with van der Waals surface area (Å²) in [6, 6.07) is 5.27. The molecule has 1 aromatic carbocycles. The number of likely N-dealkylation sites (N-methyl/N-ethyl adjacent to an activating group) is 1. The van der Waals surface area contributed by atoms with Gasteiger partial charge in [-0.3, -0.25) is 4.79 Å². The largest absolute Gasteiger partial charge is 0.492 e. The quantitative estimate of drug-likeness (QED) is 0.912. The molecule has 0 bridgehead atoms. The van der Waals surface area contributed by atoms with Crippen LogP contribution in [0.1, 0.15) is 24.9 Å². The van der Waals surface area contributed by atoms with Crippen LogP contribution in [0.2, 0.25) is 5.02 Å². The zero-order valence-electron chi connectivity index (χ0n) is 10.5. The van der Waals surface area contributed by atoms with E-state index in [1.807, 2.05) is 25.1 Å². The lowest BCUT2D eigenvalue weighted by Gasteiger charge is -2.23. The molecule has 0 spiro atoms. The molecule has 2 N–H and O–H groups in total. The molecule has 1 aliphatic rings. The van der Waals surface area contributed by atoms with Gasteiger partial charge in [-0.25, -0.2) is 0 Å².